The third-order valence-corrected chi connectivity index (χ3v) is 3.77. The van der Waals surface area contributed by atoms with Gasteiger partial charge in [-0.05, 0) is 25.0 Å². The van der Waals surface area contributed by atoms with Gasteiger partial charge >= 0.3 is 5.97 Å². The molecule has 0 unspecified atom stereocenters. The van der Waals surface area contributed by atoms with Crippen LogP contribution < -0.4 is 5.32 Å². The Balaban J connectivity index is 2.93. The van der Waals surface area contributed by atoms with Crippen molar-refractivity contribution >= 4 is 23.4 Å². The maximum absolute atomic E-state index is 11.1. The monoisotopic (exact) mass is 286 g/mol. The lowest BCUT2D eigenvalue weighted by molar-refractivity contribution is 0.0697. The summed E-state index contributed by atoms with van der Waals surface area (Å²) in [7, 11) is 0. The number of halogens is 1. The van der Waals surface area contributed by atoms with E-state index < -0.39 is 5.97 Å². The second-order valence-corrected chi connectivity index (χ2v) is 4.94. The van der Waals surface area contributed by atoms with Crippen LogP contribution in [0.2, 0.25) is 5.15 Å². The maximum atomic E-state index is 11.1. The van der Waals surface area contributed by atoms with Gasteiger partial charge in [0.15, 0.2) is 0 Å². The second kappa shape index (κ2) is 6.73. The van der Waals surface area contributed by atoms with Crippen molar-refractivity contribution in [3.05, 3.63) is 22.8 Å². The Bertz CT molecular complexity index is 439. The van der Waals surface area contributed by atoms with Crippen molar-refractivity contribution in [1.82, 2.24) is 4.98 Å². The molecule has 0 amide bonds. The second-order valence-electron chi connectivity index (χ2n) is 4.55. The van der Waals surface area contributed by atoms with Gasteiger partial charge in [-0.1, -0.05) is 25.4 Å². The molecule has 0 fully saturated rings. The molecule has 0 aliphatic heterocycles. The molecule has 1 aromatic rings. The van der Waals surface area contributed by atoms with E-state index in [-0.39, 0.29) is 28.6 Å². The number of carboxylic acids is 1. The van der Waals surface area contributed by atoms with E-state index in [1.54, 1.807) is 0 Å². The van der Waals surface area contributed by atoms with E-state index in [2.05, 4.69) is 10.3 Å². The number of anilines is 1. The summed E-state index contributed by atoms with van der Waals surface area (Å²) in [4.78, 5) is 15.1. The number of nitrogens with one attached hydrogen (secondary N) is 1. The molecule has 3 N–H and O–H groups in total. The Labute approximate surface area is 117 Å². The van der Waals surface area contributed by atoms with Gasteiger partial charge in [-0.2, -0.15) is 0 Å². The molecule has 0 saturated carbocycles. The van der Waals surface area contributed by atoms with Crippen LogP contribution in [0.3, 0.4) is 0 Å². The van der Waals surface area contributed by atoms with Gasteiger partial charge in [0.1, 0.15) is 16.5 Å². The van der Waals surface area contributed by atoms with Crippen LogP contribution in [0.1, 0.15) is 37.0 Å². The number of carbonyl (C=O) groups is 1. The van der Waals surface area contributed by atoms with Crippen LogP contribution in [0.25, 0.3) is 0 Å². The van der Waals surface area contributed by atoms with Crippen molar-refractivity contribution in [2.75, 3.05) is 18.5 Å². The number of hydrogen-bond acceptors (Lipinski definition) is 4. The molecule has 0 aromatic carbocycles. The Morgan fingerprint density at radius 2 is 2.05 bits per heavy atom. The zero-order valence-electron chi connectivity index (χ0n) is 11.1. The van der Waals surface area contributed by atoms with Crippen LogP contribution in [-0.4, -0.2) is 34.3 Å². The van der Waals surface area contributed by atoms with Gasteiger partial charge in [0, 0.05) is 12.0 Å². The molecule has 0 saturated heterocycles. The summed E-state index contributed by atoms with van der Waals surface area (Å²) in [5, 5.41) is 21.8. The first-order valence-corrected chi connectivity index (χ1v) is 6.60. The zero-order chi connectivity index (χ0) is 14.5. The van der Waals surface area contributed by atoms with Crippen LogP contribution in [0.15, 0.2) is 12.1 Å². The Kier molecular flexibility index (Phi) is 5.57. The molecule has 0 atom stereocenters. The van der Waals surface area contributed by atoms with Gasteiger partial charge in [0.2, 0.25) is 0 Å². The molecular weight excluding hydrogens is 268 g/mol. The van der Waals surface area contributed by atoms with E-state index in [1.807, 2.05) is 13.8 Å². The lowest BCUT2D eigenvalue weighted by atomic mass is 9.83. The number of aromatic carboxylic acids is 1. The first kappa shape index (κ1) is 15.7. The normalized spacial score (nSPS) is 11.4. The molecule has 0 radical (unpaired) electrons. The van der Waals surface area contributed by atoms with E-state index >= 15 is 0 Å². The minimum atomic E-state index is -1.06. The van der Waals surface area contributed by atoms with E-state index in [0.29, 0.717) is 6.54 Å². The molecular formula is C13H19ClN2O3. The molecule has 1 rings (SSSR count). The number of aliphatic hydroxyl groups is 1. The quantitative estimate of drug-likeness (QED) is 0.671. The number of aromatic nitrogens is 1. The standard InChI is InChI=1S/C13H19ClN2O3/c1-3-13(4-2,8-17)7-15-11-9(12(18)19)5-6-10(14)16-11/h5-6,17H,3-4,7-8H2,1-2H3,(H,15,16)(H,18,19). The van der Waals surface area contributed by atoms with E-state index in [0.717, 1.165) is 12.8 Å². The minimum absolute atomic E-state index is 0.0377. The highest BCUT2D eigenvalue weighted by atomic mass is 35.5. The number of nitrogens with zero attached hydrogens (tertiary/aromatic N) is 1. The zero-order valence-corrected chi connectivity index (χ0v) is 11.9. The Hall–Kier alpha value is -1.33. The van der Waals surface area contributed by atoms with Gasteiger partial charge in [-0.3, -0.25) is 0 Å². The van der Waals surface area contributed by atoms with Crippen molar-refractivity contribution in [3.63, 3.8) is 0 Å². The summed E-state index contributed by atoms with van der Waals surface area (Å²) < 4.78 is 0. The highest BCUT2D eigenvalue weighted by Gasteiger charge is 2.26. The van der Waals surface area contributed by atoms with Crippen molar-refractivity contribution in [1.29, 1.82) is 0 Å². The lowest BCUT2D eigenvalue weighted by Gasteiger charge is -2.30. The third kappa shape index (κ3) is 3.81. The van der Waals surface area contributed by atoms with Crippen molar-refractivity contribution < 1.29 is 15.0 Å². The predicted molar refractivity (Wildman–Crippen MR) is 74.8 cm³/mol. The summed E-state index contributed by atoms with van der Waals surface area (Å²) in [6.45, 7) is 4.47. The molecule has 1 aromatic heterocycles. The Morgan fingerprint density at radius 3 is 2.53 bits per heavy atom. The van der Waals surface area contributed by atoms with E-state index in [9.17, 15) is 9.90 Å². The van der Waals surface area contributed by atoms with Crippen LogP contribution in [0.5, 0.6) is 0 Å². The van der Waals surface area contributed by atoms with Crippen LogP contribution in [-0.2, 0) is 0 Å². The summed E-state index contributed by atoms with van der Waals surface area (Å²) in [5.74, 6) is -0.825. The molecule has 0 spiro atoms. The first-order chi connectivity index (χ1) is 8.98. The fourth-order valence-electron chi connectivity index (χ4n) is 1.79. The van der Waals surface area contributed by atoms with Gasteiger partial charge in [0.05, 0.1) is 6.61 Å². The minimum Gasteiger partial charge on any atom is -0.478 e. The van der Waals surface area contributed by atoms with Crippen molar-refractivity contribution in [2.45, 2.75) is 26.7 Å². The number of carboxylic acid groups (broad SMARTS) is 1. The highest BCUT2D eigenvalue weighted by Crippen LogP contribution is 2.27. The summed E-state index contributed by atoms with van der Waals surface area (Å²) in [6, 6.07) is 2.85. The summed E-state index contributed by atoms with van der Waals surface area (Å²) in [5.41, 5.74) is -0.205. The lowest BCUT2D eigenvalue weighted by Crippen LogP contribution is -2.33. The van der Waals surface area contributed by atoms with E-state index in [4.69, 9.17) is 16.7 Å². The predicted octanol–water partition coefficient (Wildman–Crippen LogP) is 2.64. The average Bonchev–Trinajstić information content (AvgIpc) is 2.40. The largest absolute Gasteiger partial charge is 0.478 e. The third-order valence-electron chi connectivity index (χ3n) is 3.56. The van der Waals surface area contributed by atoms with Gasteiger partial charge in [-0.15, -0.1) is 0 Å². The van der Waals surface area contributed by atoms with Gasteiger partial charge in [0.25, 0.3) is 0 Å². The summed E-state index contributed by atoms with van der Waals surface area (Å²) in [6.07, 6.45) is 1.58. The molecule has 0 aliphatic rings. The van der Waals surface area contributed by atoms with Crippen LogP contribution >= 0.6 is 11.6 Å². The van der Waals surface area contributed by atoms with Crippen LogP contribution in [0, 0.1) is 5.41 Å². The van der Waals surface area contributed by atoms with Crippen molar-refractivity contribution in [2.24, 2.45) is 5.41 Å². The molecule has 19 heavy (non-hydrogen) atoms. The highest BCUT2D eigenvalue weighted by molar-refractivity contribution is 6.29. The number of hydrogen-bond donors (Lipinski definition) is 3. The first-order valence-electron chi connectivity index (χ1n) is 6.22. The Morgan fingerprint density at radius 1 is 1.42 bits per heavy atom. The van der Waals surface area contributed by atoms with E-state index in [1.165, 1.54) is 12.1 Å². The van der Waals surface area contributed by atoms with Crippen molar-refractivity contribution in [3.8, 4) is 0 Å². The van der Waals surface area contributed by atoms with Gasteiger partial charge in [-0.25, -0.2) is 9.78 Å². The number of pyridine rings is 1. The fourth-order valence-corrected chi connectivity index (χ4v) is 1.94. The molecule has 5 nitrogen and oxygen atoms in total. The smallest absolute Gasteiger partial charge is 0.339 e. The fraction of sp³-hybridized carbons (Fsp3) is 0.538. The number of rotatable bonds is 7. The van der Waals surface area contributed by atoms with Gasteiger partial charge < -0.3 is 15.5 Å². The topological polar surface area (TPSA) is 82.5 Å². The van der Waals surface area contributed by atoms with Crippen LogP contribution in [0.4, 0.5) is 5.82 Å². The number of aliphatic hydroxyl groups excluding tert-OH is 1. The molecule has 0 bridgehead atoms. The summed E-state index contributed by atoms with van der Waals surface area (Å²) >= 11 is 5.78. The molecule has 0 aliphatic carbocycles. The average molecular weight is 287 g/mol. The molecule has 1 heterocycles. The SMILES string of the molecule is CCC(CC)(CO)CNc1nc(Cl)ccc1C(=O)O. The molecule has 6 heteroatoms. The maximum Gasteiger partial charge on any atom is 0.339 e. The molecule has 106 valence electrons.